The van der Waals surface area contributed by atoms with Gasteiger partial charge in [0.1, 0.15) is 6.54 Å². The molecule has 0 spiro atoms. The first-order valence-electron chi connectivity index (χ1n) is 8.02. The van der Waals surface area contributed by atoms with Crippen molar-refractivity contribution in [2.45, 2.75) is 46.1 Å². The highest BCUT2D eigenvalue weighted by Gasteiger charge is 2.35. The van der Waals surface area contributed by atoms with Gasteiger partial charge in [0.2, 0.25) is 0 Å². The number of rotatable bonds is 5. The summed E-state index contributed by atoms with van der Waals surface area (Å²) < 4.78 is 0. The molecule has 3 unspecified atom stereocenters. The Hall–Kier alpha value is -1.51. The quantitative estimate of drug-likeness (QED) is 0.889. The van der Waals surface area contributed by atoms with Gasteiger partial charge in [-0.05, 0) is 42.7 Å². The highest BCUT2D eigenvalue weighted by molar-refractivity contribution is 5.74. The minimum Gasteiger partial charge on any atom is -0.480 e. The topological polar surface area (TPSA) is 40.5 Å². The van der Waals surface area contributed by atoms with Gasteiger partial charge in [-0.3, -0.25) is 4.79 Å². The van der Waals surface area contributed by atoms with E-state index in [0.29, 0.717) is 23.8 Å². The molecule has 0 saturated heterocycles. The van der Waals surface area contributed by atoms with Gasteiger partial charge in [-0.15, -0.1) is 0 Å². The molecule has 1 fully saturated rings. The summed E-state index contributed by atoms with van der Waals surface area (Å²) in [6.07, 6.45) is 3.55. The van der Waals surface area contributed by atoms with Gasteiger partial charge in [-0.25, -0.2) is 0 Å². The Morgan fingerprint density at radius 2 is 1.95 bits per heavy atom. The van der Waals surface area contributed by atoms with E-state index in [1.165, 1.54) is 12.8 Å². The SMILES string of the molecule is CC1CCC(C(C)C)C(N(CC(=O)O)c2ccccc2)C1. The van der Waals surface area contributed by atoms with E-state index in [9.17, 15) is 9.90 Å². The fraction of sp³-hybridized carbons (Fsp3) is 0.611. The molecule has 0 bridgehead atoms. The average Bonchev–Trinajstić information content (AvgIpc) is 2.45. The normalized spacial score (nSPS) is 25.8. The van der Waals surface area contributed by atoms with Crippen molar-refractivity contribution in [1.82, 2.24) is 0 Å². The highest BCUT2D eigenvalue weighted by atomic mass is 16.4. The minimum atomic E-state index is -0.750. The third kappa shape index (κ3) is 3.99. The molecule has 1 aliphatic carbocycles. The van der Waals surface area contributed by atoms with Gasteiger partial charge in [0.25, 0.3) is 0 Å². The Kier molecular flexibility index (Phi) is 5.27. The van der Waals surface area contributed by atoms with Crippen molar-refractivity contribution in [2.24, 2.45) is 17.8 Å². The zero-order chi connectivity index (χ0) is 15.4. The maximum Gasteiger partial charge on any atom is 0.323 e. The van der Waals surface area contributed by atoms with E-state index in [0.717, 1.165) is 12.1 Å². The lowest BCUT2D eigenvalue weighted by atomic mass is 9.73. The maximum atomic E-state index is 11.3. The second-order valence-corrected chi connectivity index (χ2v) is 6.75. The fourth-order valence-electron chi connectivity index (χ4n) is 3.68. The Bertz CT molecular complexity index is 458. The van der Waals surface area contributed by atoms with Crippen LogP contribution in [-0.4, -0.2) is 23.7 Å². The van der Waals surface area contributed by atoms with Crippen LogP contribution in [0.1, 0.15) is 40.0 Å². The van der Waals surface area contributed by atoms with E-state index in [1.807, 2.05) is 30.3 Å². The molecule has 0 heterocycles. The van der Waals surface area contributed by atoms with Gasteiger partial charge >= 0.3 is 5.97 Å². The van der Waals surface area contributed by atoms with Crippen LogP contribution in [0.15, 0.2) is 30.3 Å². The lowest BCUT2D eigenvalue weighted by molar-refractivity contribution is -0.135. The first kappa shape index (κ1) is 15.9. The second-order valence-electron chi connectivity index (χ2n) is 6.75. The third-order valence-corrected chi connectivity index (χ3v) is 4.78. The first-order chi connectivity index (χ1) is 9.99. The van der Waals surface area contributed by atoms with E-state index in [-0.39, 0.29) is 6.54 Å². The van der Waals surface area contributed by atoms with Crippen molar-refractivity contribution in [1.29, 1.82) is 0 Å². The Morgan fingerprint density at radius 3 is 2.52 bits per heavy atom. The lowest BCUT2D eigenvalue weighted by Crippen LogP contribution is -2.48. The maximum absolute atomic E-state index is 11.3. The van der Waals surface area contributed by atoms with Crippen LogP contribution in [0.2, 0.25) is 0 Å². The summed E-state index contributed by atoms with van der Waals surface area (Å²) in [5.41, 5.74) is 1.03. The molecule has 1 aromatic rings. The van der Waals surface area contributed by atoms with Crippen LogP contribution in [0.25, 0.3) is 0 Å². The monoisotopic (exact) mass is 289 g/mol. The molecule has 0 aromatic heterocycles. The summed E-state index contributed by atoms with van der Waals surface area (Å²) >= 11 is 0. The molecule has 0 radical (unpaired) electrons. The Balaban J connectivity index is 2.30. The highest BCUT2D eigenvalue weighted by Crippen LogP contribution is 2.38. The van der Waals surface area contributed by atoms with Gasteiger partial charge in [0, 0.05) is 11.7 Å². The van der Waals surface area contributed by atoms with Crippen molar-refractivity contribution >= 4 is 11.7 Å². The van der Waals surface area contributed by atoms with Crippen molar-refractivity contribution in [3.63, 3.8) is 0 Å². The summed E-state index contributed by atoms with van der Waals surface area (Å²) in [5.74, 6) is 1.08. The van der Waals surface area contributed by atoms with Crippen LogP contribution in [0, 0.1) is 17.8 Å². The van der Waals surface area contributed by atoms with Gasteiger partial charge in [-0.2, -0.15) is 0 Å². The predicted molar refractivity (Wildman–Crippen MR) is 86.6 cm³/mol. The van der Waals surface area contributed by atoms with Gasteiger partial charge in [-0.1, -0.05) is 45.4 Å². The Morgan fingerprint density at radius 1 is 1.29 bits per heavy atom. The van der Waals surface area contributed by atoms with Crippen LogP contribution in [0.4, 0.5) is 5.69 Å². The molecular weight excluding hydrogens is 262 g/mol. The largest absolute Gasteiger partial charge is 0.480 e. The Labute approximate surface area is 128 Å². The van der Waals surface area contributed by atoms with Crippen molar-refractivity contribution in [2.75, 3.05) is 11.4 Å². The van der Waals surface area contributed by atoms with Gasteiger partial charge in [0.05, 0.1) is 0 Å². The van der Waals surface area contributed by atoms with Gasteiger partial charge < -0.3 is 10.0 Å². The average molecular weight is 289 g/mol. The molecule has 3 nitrogen and oxygen atoms in total. The summed E-state index contributed by atoms with van der Waals surface area (Å²) in [6, 6.07) is 10.3. The lowest BCUT2D eigenvalue weighted by Gasteiger charge is -2.44. The molecule has 0 aliphatic heterocycles. The smallest absolute Gasteiger partial charge is 0.323 e. The molecule has 2 rings (SSSR count). The molecule has 1 saturated carbocycles. The number of para-hydroxylation sites is 1. The third-order valence-electron chi connectivity index (χ3n) is 4.78. The molecule has 3 atom stereocenters. The van der Waals surface area contributed by atoms with Gasteiger partial charge in [0.15, 0.2) is 0 Å². The van der Waals surface area contributed by atoms with Crippen LogP contribution >= 0.6 is 0 Å². The number of anilines is 1. The van der Waals surface area contributed by atoms with E-state index < -0.39 is 5.97 Å². The number of aliphatic carboxylic acids is 1. The molecule has 116 valence electrons. The van der Waals surface area contributed by atoms with E-state index >= 15 is 0 Å². The number of carbonyl (C=O) groups is 1. The van der Waals surface area contributed by atoms with Crippen LogP contribution < -0.4 is 4.90 Å². The minimum absolute atomic E-state index is 0.0879. The zero-order valence-corrected chi connectivity index (χ0v) is 13.3. The summed E-state index contributed by atoms with van der Waals surface area (Å²) in [7, 11) is 0. The second kappa shape index (κ2) is 6.97. The van der Waals surface area contributed by atoms with Crippen molar-refractivity contribution in [3.05, 3.63) is 30.3 Å². The van der Waals surface area contributed by atoms with Crippen LogP contribution in [0.5, 0.6) is 0 Å². The number of carboxylic acid groups (broad SMARTS) is 1. The molecule has 1 aliphatic rings. The summed E-state index contributed by atoms with van der Waals surface area (Å²) in [6.45, 7) is 6.90. The molecule has 1 aromatic carbocycles. The van der Waals surface area contributed by atoms with Crippen LogP contribution in [-0.2, 0) is 4.79 Å². The van der Waals surface area contributed by atoms with Crippen molar-refractivity contribution < 1.29 is 9.90 Å². The molecule has 3 heteroatoms. The number of benzene rings is 1. The van der Waals surface area contributed by atoms with E-state index in [2.05, 4.69) is 25.7 Å². The number of hydrogen-bond donors (Lipinski definition) is 1. The molecular formula is C18H27NO2. The van der Waals surface area contributed by atoms with E-state index in [1.54, 1.807) is 0 Å². The standard InChI is InChI=1S/C18H27NO2/c1-13(2)16-10-9-14(3)11-17(16)19(12-18(20)21)15-7-5-4-6-8-15/h4-8,13-14,16-17H,9-12H2,1-3H3,(H,20,21). The molecule has 1 N–H and O–H groups in total. The fourth-order valence-corrected chi connectivity index (χ4v) is 3.68. The number of nitrogens with zero attached hydrogens (tertiary/aromatic N) is 1. The van der Waals surface area contributed by atoms with Crippen molar-refractivity contribution in [3.8, 4) is 0 Å². The molecule has 0 amide bonds. The first-order valence-corrected chi connectivity index (χ1v) is 8.02. The summed E-state index contributed by atoms with van der Waals surface area (Å²) in [4.78, 5) is 13.5. The number of hydrogen-bond acceptors (Lipinski definition) is 2. The molecule has 21 heavy (non-hydrogen) atoms. The zero-order valence-electron chi connectivity index (χ0n) is 13.3. The van der Waals surface area contributed by atoms with E-state index in [4.69, 9.17) is 0 Å². The van der Waals surface area contributed by atoms with Crippen LogP contribution in [0.3, 0.4) is 0 Å². The predicted octanol–water partition coefficient (Wildman–Crippen LogP) is 4.04. The number of carboxylic acids is 1. The summed E-state index contributed by atoms with van der Waals surface area (Å²) in [5, 5.41) is 9.32.